The molecule has 1 aliphatic heterocycles. The predicted octanol–water partition coefficient (Wildman–Crippen LogP) is 5.50. The highest BCUT2D eigenvalue weighted by Crippen LogP contribution is 2.57. The van der Waals surface area contributed by atoms with Crippen LogP contribution in [0, 0.1) is 0 Å². The average Bonchev–Trinajstić information content (AvgIpc) is 2.71. The zero-order valence-corrected chi connectivity index (χ0v) is 15.6. The molecule has 1 N–H and O–H groups in total. The summed E-state index contributed by atoms with van der Waals surface area (Å²) in [4.78, 5) is 12.0. The average molecular weight is 442 g/mol. The predicted molar refractivity (Wildman–Crippen MR) is 96.5 cm³/mol. The van der Waals surface area contributed by atoms with Crippen molar-refractivity contribution in [1.82, 2.24) is 0 Å². The molecule has 1 atom stereocenters. The quantitative estimate of drug-likeness (QED) is 0.421. The number of Topliss-reactive ketones (excluding diaryl/α,β-unsaturated/α-hetero) is 1. The highest BCUT2D eigenvalue weighted by molar-refractivity contribution is 6.12. The van der Waals surface area contributed by atoms with E-state index in [9.17, 15) is 36.2 Å². The molecular weight excluding hydrogens is 430 g/mol. The van der Waals surface area contributed by atoms with Gasteiger partial charge < -0.3 is 14.6 Å². The van der Waals surface area contributed by atoms with Crippen LogP contribution in [0.1, 0.15) is 21.5 Å². The number of methoxy groups -OCH3 is 1. The van der Waals surface area contributed by atoms with E-state index in [0.717, 1.165) is 18.2 Å². The number of aliphatic hydroxyl groups is 1. The topological polar surface area (TPSA) is 55.8 Å². The van der Waals surface area contributed by atoms with Crippen molar-refractivity contribution in [2.45, 2.75) is 18.0 Å². The van der Waals surface area contributed by atoms with Crippen molar-refractivity contribution in [1.29, 1.82) is 0 Å². The summed E-state index contributed by atoms with van der Waals surface area (Å²) in [6.07, 6.45) is -10.7. The van der Waals surface area contributed by atoms with Gasteiger partial charge in [0.1, 0.15) is 17.2 Å². The number of ether oxygens (including phenoxy) is 2. The number of hydrogen-bond acceptors (Lipinski definition) is 4. The van der Waals surface area contributed by atoms with Gasteiger partial charge in [-0.1, -0.05) is 24.3 Å². The van der Waals surface area contributed by atoms with Gasteiger partial charge in [-0.25, -0.2) is 0 Å². The van der Waals surface area contributed by atoms with Gasteiger partial charge in [0.2, 0.25) is 5.60 Å². The van der Waals surface area contributed by atoms with E-state index in [2.05, 4.69) is 0 Å². The van der Waals surface area contributed by atoms with Crippen LogP contribution in [-0.2, 0) is 5.60 Å². The third kappa shape index (κ3) is 3.01. The maximum absolute atomic E-state index is 14.2. The van der Waals surface area contributed by atoms with E-state index < -0.39 is 46.2 Å². The van der Waals surface area contributed by atoms with Gasteiger partial charge >= 0.3 is 12.4 Å². The molecule has 3 aromatic carbocycles. The summed E-state index contributed by atoms with van der Waals surface area (Å²) in [5.41, 5.74) is -6.58. The van der Waals surface area contributed by atoms with Crippen LogP contribution in [0.4, 0.5) is 26.3 Å². The molecule has 0 spiro atoms. The van der Waals surface area contributed by atoms with Gasteiger partial charge in [0, 0.05) is 22.1 Å². The number of halogens is 6. The molecular formula is C21H12F6O4. The van der Waals surface area contributed by atoms with E-state index in [1.54, 1.807) is 0 Å². The molecule has 0 saturated heterocycles. The van der Waals surface area contributed by atoms with E-state index in [4.69, 9.17) is 9.47 Å². The molecule has 4 nitrogen and oxygen atoms in total. The van der Waals surface area contributed by atoms with Crippen molar-refractivity contribution in [3.05, 3.63) is 65.2 Å². The third-order valence-corrected chi connectivity index (χ3v) is 5.09. The van der Waals surface area contributed by atoms with Gasteiger partial charge in [-0.3, -0.25) is 4.79 Å². The van der Waals surface area contributed by atoms with Crippen LogP contribution in [0.5, 0.6) is 17.2 Å². The Morgan fingerprint density at radius 1 is 0.968 bits per heavy atom. The fourth-order valence-electron chi connectivity index (χ4n) is 3.64. The molecule has 1 unspecified atom stereocenters. The van der Waals surface area contributed by atoms with Crippen molar-refractivity contribution in [3.8, 4) is 17.2 Å². The van der Waals surface area contributed by atoms with Crippen LogP contribution >= 0.6 is 0 Å². The van der Waals surface area contributed by atoms with Crippen LogP contribution in [0.3, 0.4) is 0 Å². The maximum atomic E-state index is 14.2. The highest BCUT2D eigenvalue weighted by Gasteiger charge is 2.61. The molecule has 1 aliphatic rings. The lowest BCUT2D eigenvalue weighted by Gasteiger charge is -2.38. The second kappa shape index (κ2) is 6.61. The molecule has 10 heteroatoms. The molecule has 0 aromatic heterocycles. The van der Waals surface area contributed by atoms with Gasteiger partial charge in [0.15, 0.2) is 0 Å². The van der Waals surface area contributed by atoms with Gasteiger partial charge in [-0.2, -0.15) is 26.3 Å². The molecule has 1 heterocycles. The zero-order chi connectivity index (χ0) is 22.8. The first-order valence-corrected chi connectivity index (χ1v) is 8.72. The van der Waals surface area contributed by atoms with Gasteiger partial charge in [0.25, 0.3) is 5.78 Å². The second-order valence-electron chi connectivity index (χ2n) is 6.85. The van der Waals surface area contributed by atoms with Crippen LogP contribution in [0.25, 0.3) is 10.8 Å². The first kappa shape index (κ1) is 21.0. The summed E-state index contributed by atoms with van der Waals surface area (Å²) in [6, 6.07) is 8.81. The first-order valence-electron chi connectivity index (χ1n) is 8.72. The Bertz CT molecular complexity index is 1210. The van der Waals surface area contributed by atoms with Crippen LogP contribution < -0.4 is 9.47 Å². The van der Waals surface area contributed by atoms with Crippen molar-refractivity contribution in [2.75, 3.05) is 7.11 Å². The maximum Gasteiger partial charge on any atom is 0.454 e. The minimum absolute atomic E-state index is 0.0409. The van der Waals surface area contributed by atoms with Crippen LogP contribution in [0.15, 0.2) is 48.5 Å². The van der Waals surface area contributed by atoms with E-state index >= 15 is 0 Å². The number of carbonyl (C=O) groups is 1. The largest absolute Gasteiger partial charge is 0.497 e. The molecule has 0 saturated carbocycles. The Balaban J connectivity index is 2.14. The Hall–Kier alpha value is -3.27. The Morgan fingerprint density at radius 3 is 2.19 bits per heavy atom. The summed E-state index contributed by atoms with van der Waals surface area (Å²) in [5.74, 6) is -3.23. The number of fused-ring (bicyclic) bond motifs is 4. The molecule has 0 radical (unpaired) electrons. The number of hydrogen-bond donors (Lipinski definition) is 1. The van der Waals surface area contributed by atoms with Gasteiger partial charge in [-0.15, -0.1) is 0 Å². The second-order valence-corrected chi connectivity index (χ2v) is 6.85. The summed E-state index contributed by atoms with van der Waals surface area (Å²) >= 11 is 0. The Morgan fingerprint density at radius 2 is 1.61 bits per heavy atom. The van der Waals surface area contributed by atoms with Crippen LogP contribution in [0.2, 0.25) is 0 Å². The summed E-state index contributed by atoms with van der Waals surface area (Å²) in [6.45, 7) is 0. The molecule has 3 aromatic rings. The Labute approximate surface area is 170 Å². The first-order chi connectivity index (χ1) is 14.4. The SMILES string of the molecule is COc1ccc2c(c1)C(O)(C(F)(F)F)c1cc(C(=O)C(F)(F)F)c3ccccc3c1O2. The number of benzene rings is 3. The number of rotatable bonds is 2. The molecule has 4 rings (SSSR count). The fourth-order valence-corrected chi connectivity index (χ4v) is 3.64. The van der Waals surface area contributed by atoms with Crippen LogP contribution in [-0.4, -0.2) is 30.4 Å². The number of carbonyl (C=O) groups excluding carboxylic acids is 1. The number of alkyl halides is 6. The molecule has 31 heavy (non-hydrogen) atoms. The standard InChI is InChI=1S/C21H12F6O4/c1-30-10-6-7-16-14(8-10)19(29,21(25,26)27)15-9-13(18(28)20(22,23)24)11-4-2-3-5-12(11)17(15)31-16/h2-9,29H,1H3. The van der Waals surface area contributed by atoms with Crippen molar-refractivity contribution in [3.63, 3.8) is 0 Å². The highest BCUT2D eigenvalue weighted by atomic mass is 19.4. The molecule has 0 bridgehead atoms. The summed E-state index contributed by atoms with van der Waals surface area (Å²) in [7, 11) is 1.19. The number of ketones is 1. The van der Waals surface area contributed by atoms with Crippen molar-refractivity contribution in [2.24, 2.45) is 0 Å². The van der Waals surface area contributed by atoms with E-state index in [-0.39, 0.29) is 22.3 Å². The third-order valence-electron chi connectivity index (χ3n) is 5.09. The monoisotopic (exact) mass is 442 g/mol. The minimum Gasteiger partial charge on any atom is -0.497 e. The smallest absolute Gasteiger partial charge is 0.454 e. The molecule has 0 fully saturated rings. The molecule has 0 amide bonds. The lowest BCUT2D eigenvalue weighted by molar-refractivity contribution is -0.250. The van der Waals surface area contributed by atoms with Gasteiger partial charge in [0.05, 0.1) is 7.11 Å². The van der Waals surface area contributed by atoms with Gasteiger partial charge in [-0.05, 0) is 29.7 Å². The molecule has 0 aliphatic carbocycles. The normalized spacial score (nSPS) is 18.2. The van der Waals surface area contributed by atoms with Crippen molar-refractivity contribution >= 4 is 16.6 Å². The summed E-state index contributed by atoms with van der Waals surface area (Å²) < 4.78 is 92.7. The zero-order valence-electron chi connectivity index (χ0n) is 15.6. The lowest BCUT2D eigenvalue weighted by Crippen LogP contribution is -2.45. The van der Waals surface area contributed by atoms with E-state index in [1.165, 1.54) is 31.4 Å². The Kier molecular flexibility index (Phi) is 4.48. The van der Waals surface area contributed by atoms with E-state index in [1.807, 2.05) is 0 Å². The van der Waals surface area contributed by atoms with E-state index in [0.29, 0.717) is 6.07 Å². The minimum atomic E-state index is -5.37. The lowest BCUT2D eigenvalue weighted by atomic mass is 9.80. The fraction of sp³-hybridized carbons (Fsp3) is 0.190. The molecule has 162 valence electrons. The summed E-state index contributed by atoms with van der Waals surface area (Å²) in [5, 5.41) is 10.5. The van der Waals surface area contributed by atoms with Crippen molar-refractivity contribution < 1.29 is 45.7 Å².